The Kier molecular flexibility index (Phi) is 10.2. The summed E-state index contributed by atoms with van der Waals surface area (Å²) in [7, 11) is 0.780. The number of thioether (sulfide) groups is 2. The van der Waals surface area contributed by atoms with E-state index in [1.807, 2.05) is 23.5 Å². The molecule has 1 amide bonds. The number of hydrogen-bond donors (Lipinski definition) is 2. The van der Waals surface area contributed by atoms with Crippen LogP contribution in [0.2, 0.25) is 0 Å². The molecule has 0 spiro atoms. The fraction of sp³-hybridized carbons (Fsp3) is 0.880. The summed E-state index contributed by atoms with van der Waals surface area (Å²) in [6, 6.07) is 0. The largest absolute Gasteiger partial charge is 0.435 e. The maximum absolute atomic E-state index is 12.7. The van der Waals surface area contributed by atoms with Crippen molar-refractivity contribution in [1.29, 1.82) is 0 Å². The first-order valence-corrected chi connectivity index (χ1v) is 14.6. The van der Waals surface area contributed by atoms with Crippen molar-refractivity contribution >= 4 is 37.0 Å². The Morgan fingerprint density at radius 3 is 2.13 bits per heavy atom. The van der Waals surface area contributed by atoms with Gasteiger partial charge in [-0.3, -0.25) is 4.79 Å². The number of nitrogens with one attached hydrogen (secondary N) is 1. The Labute approximate surface area is 200 Å². The van der Waals surface area contributed by atoms with Gasteiger partial charge in [0, 0.05) is 9.49 Å². The highest BCUT2D eigenvalue weighted by Crippen LogP contribution is 2.60. The standard InChI is InChI=1S/C25H43BNO2S2/c1-3-25-19-24(2,30-18-22(31-25)23(28)27-26-29)20-14-12-10-8-6-4-5-7-9-11-13-15-21(25)17-16-20/h18,20-21,29H,3-17,19H2,1-2H3,(H,27,28). The highest BCUT2D eigenvalue weighted by Gasteiger charge is 2.51. The van der Waals surface area contributed by atoms with Gasteiger partial charge in [0.05, 0.1) is 4.91 Å². The average molecular weight is 465 g/mol. The van der Waals surface area contributed by atoms with Crippen molar-refractivity contribution < 1.29 is 9.82 Å². The second-order valence-corrected chi connectivity index (χ2v) is 13.2. The molecule has 3 aliphatic rings. The Balaban J connectivity index is 1.88. The minimum Gasteiger partial charge on any atom is -0.435 e. The quantitative estimate of drug-likeness (QED) is 0.443. The van der Waals surface area contributed by atoms with Crippen LogP contribution in [0.4, 0.5) is 0 Å². The highest BCUT2D eigenvalue weighted by molar-refractivity contribution is 8.08. The monoisotopic (exact) mass is 464 g/mol. The maximum atomic E-state index is 12.7. The number of amides is 1. The lowest BCUT2D eigenvalue weighted by atomic mass is 9.78. The smallest absolute Gasteiger partial charge is 0.435 e. The van der Waals surface area contributed by atoms with Crippen molar-refractivity contribution in [3.05, 3.63) is 10.3 Å². The van der Waals surface area contributed by atoms with Crippen molar-refractivity contribution in [3.63, 3.8) is 0 Å². The van der Waals surface area contributed by atoms with Gasteiger partial charge in [0.1, 0.15) is 0 Å². The van der Waals surface area contributed by atoms with Crippen LogP contribution in [0.1, 0.15) is 117 Å². The Morgan fingerprint density at radius 2 is 1.55 bits per heavy atom. The molecule has 2 saturated carbocycles. The van der Waals surface area contributed by atoms with E-state index in [4.69, 9.17) is 5.02 Å². The van der Waals surface area contributed by atoms with Gasteiger partial charge >= 0.3 is 7.62 Å². The Morgan fingerprint density at radius 1 is 1.00 bits per heavy atom. The molecule has 1 aliphatic heterocycles. The van der Waals surface area contributed by atoms with E-state index >= 15 is 0 Å². The van der Waals surface area contributed by atoms with Gasteiger partial charge in [0.25, 0.3) is 0 Å². The van der Waals surface area contributed by atoms with E-state index in [9.17, 15) is 4.79 Å². The summed E-state index contributed by atoms with van der Waals surface area (Å²) in [5.74, 6) is 1.25. The van der Waals surface area contributed by atoms with Crippen LogP contribution in [0.3, 0.4) is 0 Å². The van der Waals surface area contributed by atoms with Gasteiger partial charge in [-0.25, -0.2) is 0 Å². The number of carbonyl (C=O) groups is 1. The first kappa shape index (κ1) is 25.6. The molecule has 1 heterocycles. The third-order valence-electron chi connectivity index (χ3n) is 8.24. The summed E-state index contributed by atoms with van der Waals surface area (Å²) in [5.41, 5.74) is 0. The summed E-state index contributed by atoms with van der Waals surface area (Å²) in [4.78, 5) is 13.5. The molecule has 0 aromatic heterocycles. The minimum absolute atomic E-state index is 0.125. The van der Waals surface area contributed by atoms with Crippen LogP contribution >= 0.6 is 23.5 Å². The van der Waals surface area contributed by atoms with E-state index in [1.165, 1.54) is 96.3 Å². The van der Waals surface area contributed by atoms with Gasteiger partial charge in [-0.1, -0.05) is 71.1 Å². The van der Waals surface area contributed by atoms with E-state index in [2.05, 4.69) is 24.5 Å². The molecule has 1 radical (unpaired) electrons. The predicted octanol–water partition coefficient (Wildman–Crippen LogP) is 6.97. The summed E-state index contributed by atoms with van der Waals surface area (Å²) >= 11 is 3.74. The normalized spacial score (nSPS) is 36.0. The van der Waals surface area contributed by atoms with E-state index < -0.39 is 0 Å². The second kappa shape index (κ2) is 12.4. The zero-order chi connectivity index (χ0) is 22.2. The minimum atomic E-state index is -0.153. The van der Waals surface area contributed by atoms with Crippen LogP contribution in [-0.2, 0) is 4.79 Å². The van der Waals surface area contributed by atoms with Crippen molar-refractivity contribution in [2.45, 2.75) is 126 Å². The molecule has 3 nitrogen and oxygen atoms in total. The lowest BCUT2D eigenvalue weighted by molar-refractivity contribution is -0.115. The zero-order valence-electron chi connectivity index (χ0n) is 19.8. The number of fused-ring (bicyclic) bond motifs is 7. The van der Waals surface area contributed by atoms with E-state index in [1.54, 1.807) is 0 Å². The van der Waals surface area contributed by atoms with Crippen LogP contribution in [0.5, 0.6) is 0 Å². The summed E-state index contributed by atoms with van der Waals surface area (Å²) in [5, 5.41) is 13.8. The molecule has 4 unspecified atom stereocenters. The van der Waals surface area contributed by atoms with Crippen LogP contribution in [0, 0.1) is 11.8 Å². The fourth-order valence-electron chi connectivity index (χ4n) is 6.31. The lowest BCUT2D eigenvalue weighted by Crippen LogP contribution is -2.41. The maximum Gasteiger partial charge on any atom is 0.435 e. The predicted molar refractivity (Wildman–Crippen MR) is 137 cm³/mol. The van der Waals surface area contributed by atoms with Crippen LogP contribution in [0.15, 0.2) is 10.3 Å². The summed E-state index contributed by atoms with van der Waals surface area (Å²) in [6.45, 7) is 4.83. The van der Waals surface area contributed by atoms with Gasteiger partial charge in [-0.2, -0.15) is 0 Å². The first-order valence-electron chi connectivity index (χ1n) is 12.9. The molecular weight excluding hydrogens is 421 g/mol. The van der Waals surface area contributed by atoms with E-state index in [0.29, 0.717) is 5.92 Å². The molecule has 2 fully saturated rings. The summed E-state index contributed by atoms with van der Waals surface area (Å²) < 4.78 is 0.316. The Hall–Kier alpha value is -0.0651. The molecule has 3 rings (SSSR count). The number of carbonyl (C=O) groups excluding carboxylic acids is 1. The van der Waals surface area contributed by atoms with E-state index in [0.717, 1.165) is 24.9 Å². The Bertz CT molecular complexity index is 616. The molecule has 2 N–H and O–H groups in total. The van der Waals surface area contributed by atoms with Gasteiger partial charge in [0.15, 0.2) is 0 Å². The van der Waals surface area contributed by atoms with Crippen molar-refractivity contribution in [2.75, 3.05) is 0 Å². The van der Waals surface area contributed by atoms with Crippen LogP contribution < -0.4 is 5.23 Å². The fourth-order valence-corrected chi connectivity index (χ4v) is 9.50. The molecule has 4 bridgehead atoms. The van der Waals surface area contributed by atoms with Crippen molar-refractivity contribution in [1.82, 2.24) is 5.23 Å². The SMILES string of the molecule is CCC12CC(C)(SC=C(C(=O)N[B]O)S1)C1CCCCCCCCCCCCC2CC1. The van der Waals surface area contributed by atoms with Crippen molar-refractivity contribution in [3.8, 4) is 0 Å². The van der Waals surface area contributed by atoms with Crippen LogP contribution in [-0.4, -0.2) is 28.0 Å². The topological polar surface area (TPSA) is 49.3 Å². The first-order chi connectivity index (χ1) is 15.0. The van der Waals surface area contributed by atoms with Crippen LogP contribution in [0.25, 0.3) is 0 Å². The average Bonchev–Trinajstić information content (AvgIpc) is 2.98. The third kappa shape index (κ3) is 6.73. The van der Waals surface area contributed by atoms with Gasteiger partial charge < -0.3 is 10.3 Å². The molecule has 31 heavy (non-hydrogen) atoms. The van der Waals surface area contributed by atoms with Gasteiger partial charge in [0.2, 0.25) is 5.91 Å². The summed E-state index contributed by atoms with van der Waals surface area (Å²) in [6.07, 6.45) is 21.5. The molecule has 2 aliphatic carbocycles. The molecular formula is C25H43BNO2S2. The highest BCUT2D eigenvalue weighted by atomic mass is 32.2. The van der Waals surface area contributed by atoms with Crippen molar-refractivity contribution in [2.24, 2.45) is 11.8 Å². The number of rotatable bonds is 3. The molecule has 0 aromatic rings. The molecule has 175 valence electrons. The molecule has 0 aromatic carbocycles. The lowest BCUT2D eigenvalue weighted by Gasteiger charge is -2.43. The zero-order valence-corrected chi connectivity index (χ0v) is 21.4. The molecule has 6 heteroatoms. The van der Waals surface area contributed by atoms with E-state index in [-0.39, 0.29) is 15.4 Å². The van der Waals surface area contributed by atoms with Gasteiger partial charge in [-0.05, 0) is 62.7 Å². The number of hydrogen-bond acceptors (Lipinski definition) is 4. The molecule has 4 atom stereocenters. The van der Waals surface area contributed by atoms with Gasteiger partial charge in [-0.15, -0.1) is 23.5 Å². The second-order valence-electron chi connectivity index (χ2n) is 10.3. The molecule has 0 saturated heterocycles. The third-order valence-corrected chi connectivity index (χ3v) is 11.5.